The van der Waals surface area contributed by atoms with Gasteiger partial charge in [-0.2, -0.15) is 0 Å². The normalized spacial score (nSPS) is 11.0. The molecule has 0 aliphatic heterocycles. The summed E-state index contributed by atoms with van der Waals surface area (Å²) in [6.07, 6.45) is 2.34. The maximum absolute atomic E-state index is 3.42. The van der Waals surface area contributed by atoms with E-state index >= 15 is 0 Å². The summed E-state index contributed by atoms with van der Waals surface area (Å²) in [6.45, 7) is 5.43. The van der Waals surface area contributed by atoms with Crippen LogP contribution in [0.2, 0.25) is 0 Å². The molecule has 1 rings (SSSR count). The van der Waals surface area contributed by atoms with Crippen molar-refractivity contribution in [2.45, 2.75) is 26.3 Å². The largest absolute Gasteiger partial charge is 0.316 e. The minimum atomic E-state index is 1.02. The molecule has 0 saturated carbocycles. The van der Waals surface area contributed by atoms with Crippen molar-refractivity contribution in [3.63, 3.8) is 0 Å². The van der Waals surface area contributed by atoms with Crippen molar-refractivity contribution >= 4 is 0 Å². The summed E-state index contributed by atoms with van der Waals surface area (Å²) >= 11 is 0. The molecule has 1 aromatic carbocycles. The summed E-state index contributed by atoms with van der Waals surface area (Å²) < 4.78 is 0. The van der Waals surface area contributed by atoms with Gasteiger partial charge in [-0.3, -0.25) is 0 Å². The molecule has 0 aliphatic rings. The van der Waals surface area contributed by atoms with Crippen LogP contribution >= 0.6 is 0 Å². The van der Waals surface area contributed by atoms with E-state index in [1.807, 2.05) is 0 Å². The van der Waals surface area contributed by atoms with E-state index in [1.165, 1.54) is 17.5 Å². The molecule has 0 spiro atoms. The highest BCUT2D eigenvalue weighted by atomic mass is 15.0. The summed E-state index contributed by atoms with van der Waals surface area (Å²) in [4.78, 5) is 2.19. The molecular weight excluding hydrogens is 196 g/mol. The molecule has 0 atom stereocenters. The van der Waals surface area contributed by atoms with Gasteiger partial charge in [0.05, 0.1) is 0 Å². The second-order valence-electron chi connectivity index (χ2n) is 4.55. The summed E-state index contributed by atoms with van der Waals surface area (Å²) in [7, 11) is 4.20. The van der Waals surface area contributed by atoms with Gasteiger partial charge in [-0.05, 0) is 51.2 Å². The van der Waals surface area contributed by atoms with E-state index < -0.39 is 0 Å². The zero-order chi connectivity index (χ0) is 11.8. The number of rotatable bonds is 7. The Hall–Kier alpha value is -0.860. The van der Waals surface area contributed by atoms with Crippen LogP contribution in [0.1, 0.15) is 24.5 Å². The Morgan fingerprint density at radius 3 is 2.19 bits per heavy atom. The third kappa shape index (κ3) is 5.29. The summed E-state index contributed by atoms with van der Waals surface area (Å²) in [5.41, 5.74) is 2.81. The van der Waals surface area contributed by atoms with Gasteiger partial charge < -0.3 is 10.2 Å². The molecule has 0 heterocycles. The van der Waals surface area contributed by atoms with Gasteiger partial charge in [0.1, 0.15) is 0 Å². The van der Waals surface area contributed by atoms with E-state index in [2.05, 4.69) is 55.5 Å². The van der Waals surface area contributed by atoms with Crippen molar-refractivity contribution in [2.24, 2.45) is 0 Å². The molecule has 0 aliphatic carbocycles. The monoisotopic (exact) mass is 220 g/mol. The van der Waals surface area contributed by atoms with Gasteiger partial charge in [0.2, 0.25) is 0 Å². The van der Waals surface area contributed by atoms with Crippen LogP contribution in [0.3, 0.4) is 0 Å². The van der Waals surface area contributed by atoms with E-state index in [4.69, 9.17) is 0 Å². The zero-order valence-electron chi connectivity index (χ0n) is 10.8. The molecular formula is C14H24N2. The lowest BCUT2D eigenvalue weighted by molar-refractivity contribution is 0.402. The Bertz CT molecular complexity index is 277. The van der Waals surface area contributed by atoms with E-state index in [-0.39, 0.29) is 0 Å². The van der Waals surface area contributed by atoms with E-state index in [0.717, 1.165) is 26.1 Å². The third-order valence-electron chi connectivity index (χ3n) is 2.54. The molecule has 1 aromatic rings. The zero-order valence-corrected chi connectivity index (χ0v) is 10.8. The number of nitrogens with one attached hydrogen (secondary N) is 1. The maximum Gasteiger partial charge on any atom is 0.0227 e. The van der Waals surface area contributed by atoms with Crippen LogP contribution in [0.25, 0.3) is 0 Å². The highest BCUT2D eigenvalue weighted by Gasteiger charge is 1.96. The average molecular weight is 220 g/mol. The topological polar surface area (TPSA) is 15.3 Å². The fourth-order valence-corrected chi connectivity index (χ4v) is 1.71. The minimum Gasteiger partial charge on any atom is -0.316 e. The van der Waals surface area contributed by atoms with Crippen molar-refractivity contribution in [3.05, 3.63) is 35.4 Å². The molecule has 0 aromatic heterocycles. The summed E-state index contributed by atoms with van der Waals surface area (Å²) in [5.74, 6) is 0. The molecule has 2 nitrogen and oxygen atoms in total. The number of hydrogen-bond acceptors (Lipinski definition) is 2. The lowest BCUT2D eigenvalue weighted by Crippen LogP contribution is -2.17. The number of benzene rings is 1. The van der Waals surface area contributed by atoms with Crippen LogP contribution in [-0.4, -0.2) is 32.1 Å². The molecule has 90 valence electrons. The van der Waals surface area contributed by atoms with Crippen LogP contribution in [0.15, 0.2) is 24.3 Å². The van der Waals surface area contributed by atoms with Gasteiger partial charge in [0, 0.05) is 6.54 Å². The Morgan fingerprint density at radius 1 is 1.00 bits per heavy atom. The molecule has 2 heteroatoms. The second-order valence-corrected chi connectivity index (χ2v) is 4.55. The molecule has 0 unspecified atom stereocenters. The van der Waals surface area contributed by atoms with Gasteiger partial charge in [-0.25, -0.2) is 0 Å². The van der Waals surface area contributed by atoms with E-state index in [0.29, 0.717) is 0 Å². The number of hydrogen-bond donors (Lipinski definition) is 1. The quantitative estimate of drug-likeness (QED) is 0.709. The first-order valence-corrected chi connectivity index (χ1v) is 6.15. The predicted octanol–water partition coefficient (Wildman–Crippen LogP) is 2.29. The van der Waals surface area contributed by atoms with Crippen LogP contribution in [-0.2, 0) is 13.0 Å². The Kier molecular flexibility index (Phi) is 6.12. The van der Waals surface area contributed by atoms with Gasteiger partial charge in [0.15, 0.2) is 0 Å². The summed E-state index contributed by atoms with van der Waals surface area (Å²) in [5, 5.41) is 3.42. The lowest BCUT2D eigenvalue weighted by Gasteiger charge is -2.10. The smallest absolute Gasteiger partial charge is 0.0227 e. The summed E-state index contributed by atoms with van der Waals surface area (Å²) in [6, 6.07) is 8.95. The van der Waals surface area contributed by atoms with Crippen LogP contribution in [0, 0.1) is 0 Å². The van der Waals surface area contributed by atoms with Gasteiger partial charge >= 0.3 is 0 Å². The first kappa shape index (κ1) is 13.2. The van der Waals surface area contributed by atoms with E-state index in [9.17, 15) is 0 Å². The van der Waals surface area contributed by atoms with Gasteiger partial charge in [0.25, 0.3) is 0 Å². The van der Waals surface area contributed by atoms with Crippen molar-refractivity contribution in [3.8, 4) is 0 Å². The van der Waals surface area contributed by atoms with Crippen LogP contribution in [0.5, 0.6) is 0 Å². The molecule has 0 saturated heterocycles. The first-order valence-electron chi connectivity index (χ1n) is 6.15. The van der Waals surface area contributed by atoms with Crippen molar-refractivity contribution in [2.75, 3.05) is 27.2 Å². The SMILES string of the molecule is CCCNCCc1ccc(CN(C)C)cc1. The Morgan fingerprint density at radius 2 is 1.62 bits per heavy atom. The highest BCUT2D eigenvalue weighted by Crippen LogP contribution is 2.06. The minimum absolute atomic E-state index is 1.02. The van der Waals surface area contributed by atoms with E-state index in [1.54, 1.807) is 0 Å². The number of nitrogens with zero attached hydrogens (tertiary/aromatic N) is 1. The molecule has 0 radical (unpaired) electrons. The van der Waals surface area contributed by atoms with Gasteiger partial charge in [-0.15, -0.1) is 0 Å². The average Bonchev–Trinajstić information content (AvgIpc) is 2.26. The third-order valence-corrected chi connectivity index (χ3v) is 2.54. The maximum atomic E-state index is 3.42. The van der Waals surface area contributed by atoms with Gasteiger partial charge in [-0.1, -0.05) is 31.2 Å². The molecule has 0 fully saturated rings. The second kappa shape index (κ2) is 7.42. The molecule has 0 bridgehead atoms. The molecule has 1 N–H and O–H groups in total. The fraction of sp³-hybridized carbons (Fsp3) is 0.571. The Balaban J connectivity index is 2.33. The predicted molar refractivity (Wildman–Crippen MR) is 70.7 cm³/mol. The van der Waals surface area contributed by atoms with Crippen molar-refractivity contribution in [1.29, 1.82) is 0 Å². The molecule has 0 amide bonds. The van der Waals surface area contributed by atoms with Crippen LogP contribution < -0.4 is 5.32 Å². The highest BCUT2D eigenvalue weighted by molar-refractivity contribution is 5.22. The molecule has 16 heavy (non-hydrogen) atoms. The first-order chi connectivity index (χ1) is 7.72. The Labute approximate surface area is 99.7 Å². The van der Waals surface area contributed by atoms with Crippen molar-refractivity contribution in [1.82, 2.24) is 10.2 Å². The standard InChI is InChI=1S/C14H24N2/c1-4-10-15-11-9-13-5-7-14(8-6-13)12-16(2)3/h5-8,15H,4,9-12H2,1-3H3. The van der Waals surface area contributed by atoms with Crippen LogP contribution in [0.4, 0.5) is 0 Å². The van der Waals surface area contributed by atoms with Crippen molar-refractivity contribution < 1.29 is 0 Å². The lowest BCUT2D eigenvalue weighted by atomic mass is 10.1. The fourth-order valence-electron chi connectivity index (χ4n) is 1.71.